The molecule has 0 aliphatic heterocycles. The van der Waals surface area contributed by atoms with E-state index in [4.69, 9.17) is 9.47 Å². The average Bonchev–Trinajstić information content (AvgIpc) is 2.90. The van der Waals surface area contributed by atoms with Crippen molar-refractivity contribution in [2.24, 2.45) is 0 Å². The van der Waals surface area contributed by atoms with Gasteiger partial charge in [-0.25, -0.2) is 0 Å². The summed E-state index contributed by atoms with van der Waals surface area (Å²) in [5.74, 6) is 0.337. The van der Waals surface area contributed by atoms with E-state index in [-0.39, 0.29) is 6.01 Å². The molecule has 3 aromatic rings. The minimum absolute atomic E-state index is 0.212. The van der Waals surface area contributed by atoms with E-state index in [2.05, 4.69) is 20.3 Å². The second-order valence-corrected chi connectivity index (χ2v) is 3.73. The van der Waals surface area contributed by atoms with Gasteiger partial charge in [0.1, 0.15) is 0 Å². The van der Waals surface area contributed by atoms with Crippen LogP contribution in [0.15, 0.2) is 30.3 Å². The van der Waals surface area contributed by atoms with Gasteiger partial charge in [0.25, 0.3) is 0 Å². The molecule has 0 unspecified atom stereocenters. The highest BCUT2D eigenvalue weighted by molar-refractivity contribution is 5.77. The number of benzene rings is 1. The average molecular weight is 257 g/mol. The SMILES string of the molecule is COc1nc(OC)c2nnn(-c3ccccc3)c2n1. The molecule has 0 aliphatic rings. The molecule has 0 spiro atoms. The van der Waals surface area contributed by atoms with Gasteiger partial charge in [0.2, 0.25) is 5.88 Å². The van der Waals surface area contributed by atoms with Gasteiger partial charge in [-0.15, -0.1) is 5.10 Å². The van der Waals surface area contributed by atoms with Gasteiger partial charge in [-0.2, -0.15) is 14.6 Å². The monoisotopic (exact) mass is 257 g/mol. The third-order valence-electron chi connectivity index (χ3n) is 2.62. The summed E-state index contributed by atoms with van der Waals surface area (Å²) in [6, 6.07) is 9.80. The van der Waals surface area contributed by atoms with Gasteiger partial charge in [0.15, 0.2) is 11.2 Å². The third-order valence-corrected chi connectivity index (χ3v) is 2.62. The number of fused-ring (bicyclic) bond motifs is 1. The lowest BCUT2D eigenvalue weighted by Crippen LogP contribution is -2.00. The fourth-order valence-corrected chi connectivity index (χ4v) is 1.75. The first kappa shape index (κ1) is 11.4. The Balaban J connectivity index is 2.27. The van der Waals surface area contributed by atoms with Crippen molar-refractivity contribution in [3.05, 3.63) is 30.3 Å². The number of ether oxygens (including phenoxy) is 2. The fraction of sp³-hybridized carbons (Fsp3) is 0.167. The van der Waals surface area contributed by atoms with E-state index in [0.717, 1.165) is 5.69 Å². The Morgan fingerprint density at radius 1 is 1.00 bits per heavy atom. The summed E-state index contributed by atoms with van der Waals surface area (Å²) in [5, 5.41) is 8.13. The molecule has 0 saturated carbocycles. The summed E-state index contributed by atoms with van der Waals surface area (Å²) >= 11 is 0. The summed E-state index contributed by atoms with van der Waals surface area (Å²) in [6.07, 6.45) is 0. The zero-order chi connectivity index (χ0) is 13.2. The Hall–Kier alpha value is -2.70. The maximum atomic E-state index is 5.17. The second-order valence-electron chi connectivity index (χ2n) is 3.73. The standard InChI is InChI=1S/C12H11N5O2/c1-18-11-9-10(13-12(14-11)19-2)17(16-15-9)8-6-4-3-5-7-8/h3-7H,1-2H3. The Bertz CT molecular complexity index is 711. The summed E-state index contributed by atoms with van der Waals surface area (Å²) in [4.78, 5) is 8.34. The molecule has 0 fully saturated rings. The first-order chi connectivity index (χ1) is 9.33. The van der Waals surface area contributed by atoms with Gasteiger partial charge in [0.05, 0.1) is 19.9 Å². The molecule has 3 rings (SSSR count). The number of aromatic nitrogens is 5. The summed E-state index contributed by atoms with van der Waals surface area (Å²) in [7, 11) is 3.01. The molecule has 19 heavy (non-hydrogen) atoms. The smallest absolute Gasteiger partial charge is 0.321 e. The Morgan fingerprint density at radius 3 is 2.47 bits per heavy atom. The van der Waals surface area contributed by atoms with Crippen LogP contribution < -0.4 is 9.47 Å². The normalized spacial score (nSPS) is 10.6. The molecule has 2 heterocycles. The van der Waals surface area contributed by atoms with Crippen LogP contribution in [0.3, 0.4) is 0 Å². The van der Waals surface area contributed by atoms with Crippen molar-refractivity contribution in [3.63, 3.8) is 0 Å². The summed E-state index contributed by atoms with van der Waals surface area (Å²) < 4.78 is 11.8. The molecular formula is C12H11N5O2. The van der Waals surface area contributed by atoms with E-state index in [1.165, 1.54) is 14.2 Å². The van der Waals surface area contributed by atoms with Crippen LogP contribution in [0.5, 0.6) is 11.9 Å². The molecule has 7 nitrogen and oxygen atoms in total. The Kier molecular flexibility index (Phi) is 2.71. The number of methoxy groups -OCH3 is 2. The lowest BCUT2D eigenvalue weighted by atomic mass is 10.3. The minimum atomic E-state index is 0.212. The third kappa shape index (κ3) is 1.85. The minimum Gasteiger partial charge on any atom is -0.479 e. The van der Waals surface area contributed by atoms with Crippen LogP contribution in [0, 0.1) is 0 Å². The molecule has 2 aromatic heterocycles. The van der Waals surface area contributed by atoms with Crippen LogP contribution in [0.4, 0.5) is 0 Å². The molecule has 0 N–H and O–H groups in total. The predicted octanol–water partition coefficient (Wildman–Crippen LogP) is 1.23. The Labute approximate surface area is 108 Å². The molecule has 0 bridgehead atoms. The van der Waals surface area contributed by atoms with Crippen molar-refractivity contribution in [2.45, 2.75) is 0 Å². The number of para-hydroxylation sites is 1. The molecule has 0 aliphatic carbocycles. The van der Waals surface area contributed by atoms with E-state index >= 15 is 0 Å². The number of nitrogens with zero attached hydrogens (tertiary/aromatic N) is 5. The van der Waals surface area contributed by atoms with E-state index in [1.807, 2.05) is 30.3 Å². The first-order valence-corrected chi connectivity index (χ1v) is 5.60. The van der Waals surface area contributed by atoms with Crippen molar-refractivity contribution >= 4 is 11.2 Å². The van der Waals surface area contributed by atoms with Crippen molar-refractivity contribution in [2.75, 3.05) is 14.2 Å². The van der Waals surface area contributed by atoms with Crippen LogP contribution in [0.25, 0.3) is 16.9 Å². The Morgan fingerprint density at radius 2 is 1.79 bits per heavy atom. The second kappa shape index (κ2) is 4.52. The van der Waals surface area contributed by atoms with E-state index in [9.17, 15) is 0 Å². The lowest BCUT2D eigenvalue weighted by molar-refractivity contribution is 0.356. The van der Waals surface area contributed by atoms with Gasteiger partial charge in [-0.05, 0) is 12.1 Å². The van der Waals surface area contributed by atoms with Gasteiger partial charge in [-0.1, -0.05) is 23.4 Å². The van der Waals surface area contributed by atoms with E-state index in [1.54, 1.807) is 4.68 Å². The molecule has 7 heteroatoms. The van der Waals surface area contributed by atoms with Gasteiger partial charge < -0.3 is 9.47 Å². The van der Waals surface area contributed by atoms with Gasteiger partial charge >= 0.3 is 6.01 Å². The van der Waals surface area contributed by atoms with Gasteiger partial charge in [0, 0.05) is 0 Å². The van der Waals surface area contributed by atoms with Crippen LogP contribution in [-0.2, 0) is 0 Å². The lowest BCUT2D eigenvalue weighted by Gasteiger charge is -2.04. The van der Waals surface area contributed by atoms with E-state index in [0.29, 0.717) is 17.0 Å². The highest BCUT2D eigenvalue weighted by Gasteiger charge is 2.16. The molecule has 96 valence electrons. The van der Waals surface area contributed by atoms with Crippen molar-refractivity contribution in [3.8, 4) is 17.6 Å². The summed E-state index contributed by atoms with van der Waals surface area (Å²) in [6.45, 7) is 0. The van der Waals surface area contributed by atoms with Crippen LogP contribution in [-0.4, -0.2) is 39.2 Å². The van der Waals surface area contributed by atoms with Crippen molar-refractivity contribution < 1.29 is 9.47 Å². The number of hydrogen-bond donors (Lipinski definition) is 0. The van der Waals surface area contributed by atoms with Crippen molar-refractivity contribution in [1.82, 2.24) is 25.0 Å². The molecular weight excluding hydrogens is 246 g/mol. The zero-order valence-corrected chi connectivity index (χ0v) is 10.4. The highest BCUT2D eigenvalue weighted by Crippen LogP contribution is 2.23. The van der Waals surface area contributed by atoms with Crippen LogP contribution >= 0.6 is 0 Å². The fourth-order valence-electron chi connectivity index (χ4n) is 1.75. The van der Waals surface area contributed by atoms with Crippen molar-refractivity contribution in [1.29, 1.82) is 0 Å². The highest BCUT2D eigenvalue weighted by atomic mass is 16.5. The molecule has 0 radical (unpaired) electrons. The molecule has 0 atom stereocenters. The number of hydrogen-bond acceptors (Lipinski definition) is 6. The quantitative estimate of drug-likeness (QED) is 0.702. The molecule has 1 aromatic carbocycles. The summed E-state index contributed by atoms with van der Waals surface area (Å²) in [5.41, 5.74) is 1.88. The van der Waals surface area contributed by atoms with E-state index < -0.39 is 0 Å². The van der Waals surface area contributed by atoms with Gasteiger partial charge in [-0.3, -0.25) is 0 Å². The topological polar surface area (TPSA) is 75.0 Å². The maximum Gasteiger partial charge on any atom is 0.321 e. The predicted molar refractivity (Wildman–Crippen MR) is 67.6 cm³/mol. The molecule has 0 saturated heterocycles. The first-order valence-electron chi connectivity index (χ1n) is 5.60. The molecule has 0 amide bonds. The van der Waals surface area contributed by atoms with Crippen LogP contribution in [0.2, 0.25) is 0 Å². The largest absolute Gasteiger partial charge is 0.479 e. The van der Waals surface area contributed by atoms with Crippen LogP contribution in [0.1, 0.15) is 0 Å². The number of rotatable bonds is 3. The maximum absolute atomic E-state index is 5.17. The zero-order valence-electron chi connectivity index (χ0n) is 10.4.